The average Bonchev–Trinajstić information content (AvgIpc) is 2.96. The molecule has 1 aliphatic carbocycles. The van der Waals surface area contributed by atoms with Gasteiger partial charge in [0.05, 0.1) is 19.0 Å². The van der Waals surface area contributed by atoms with Crippen LogP contribution < -0.4 is 4.72 Å². The van der Waals surface area contributed by atoms with Crippen LogP contribution in [-0.2, 0) is 25.2 Å². The Hall–Kier alpha value is -0.950. The first kappa shape index (κ1) is 15.9. The fraction of sp³-hybridized carbons (Fsp3) is 0.625. The molecule has 0 atom stereocenters. The summed E-state index contributed by atoms with van der Waals surface area (Å²) >= 11 is 0. The summed E-state index contributed by atoms with van der Waals surface area (Å²) in [4.78, 5) is 0. The second-order valence-electron chi connectivity index (χ2n) is 6.14. The van der Waals surface area contributed by atoms with Gasteiger partial charge in [0.1, 0.15) is 0 Å². The Morgan fingerprint density at radius 3 is 2.36 bits per heavy atom. The van der Waals surface area contributed by atoms with E-state index in [1.807, 2.05) is 30.3 Å². The summed E-state index contributed by atoms with van der Waals surface area (Å²) in [6.07, 6.45) is 3.60. The van der Waals surface area contributed by atoms with Crippen LogP contribution in [0.3, 0.4) is 0 Å². The van der Waals surface area contributed by atoms with Crippen molar-refractivity contribution >= 4 is 10.0 Å². The molecule has 0 bridgehead atoms. The predicted molar refractivity (Wildman–Crippen MR) is 83.7 cm³/mol. The predicted octanol–water partition coefficient (Wildman–Crippen LogP) is 2.04. The van der Waals surface area contributed by atoms with Gasteiger partial charge in [0.25, 0.3) is 0 Å². The third-order valence-corrected chi connectivity index (χ3v) is 5.79. The van der Waals surface area contributed by atoms with Crippen molar-refractivity contribution in [2.45, 2.75) is 37.2 Å². The largest absolute Gasteiger partial charge is 0.348 e. The van der Waals surface area contributed by atoms with Crippen LogP contribution in [0.4, 0.5) is 0 Å². The van der Waals surface area contributed by atoms with Crippen LogP contribution in [0.5, 0.6) is 0 Å². The molecule has 3 rings (SSSR count). The van der Waals surface area contributed by atoms with Crippen LogP contribution >= 0.6 is 0 Å². The number of rotatable bonds is 5. The van der Waals surface area contributed by atoms with E-state index in [4.69, 9.17) is 9.47 Å². The molecular weight excluding hydrogens is 302 g/mol. The first-order valence-corrected chi connectivity index (χ1v) is 9.51. The van der Waals surface area contributed by atoms with E-state index in [9.17, 15) is 8.42 Å². The highest BCUT2D eigenvalue weighted by Gasteiger charge is 2.40. The van der Waals surface area contributed by atoms with Gasteiger partial charge in [-0.15, -0.1) is 0 Å². The minimum Gasteiger partial charge on any atom is -0.348 e. The van der Waals surface area contributed by atoms with Gasteiger partial charge in [-0.2, -0.15) is 0 Å². The lowest BCUT2D eigenvalue weighted by Crippen LogP contribution is -2.39. The van der Waals surface area contributed by atoms with Crippen molar-refractivity contribution in [3.8, 4) is 0 Å². The van der Waals surface area contributed by atoms with E-state index >= 15 is 0 Å². The highest BCUT2D eigenvalue weighted by Crippen LogP contribution is 2.38. The number of nitrogens with one attached hydrogen (secondary N) is 1. The fourth-order valence-corrected chi connectivity index (χ4v) is 4.42. The molecule has 1 N–H and O–H groups in total. The van der Waals surface area contributed by atoms with Gasteiger partial charge >= 0.3 is 0 Å². The molecule has 122 valence electrons. The van der Waals surface area contributed by atoms with E-state index in [2.05, 4.69) is 4.72 Å². The summed E-state index contributed by atoms with van der Waals surface area (Å²) in [5, 5.41) is 0. The summed E-state index contributed by atoms with van der Waals surface area (Å²) in [6.45, 7) is 1.86. The van der Waals surface area contributed by atoms with Gasteiger partial charge < -0.3 is 9.47 Å². The SMILES string of the molecule is O=S(=O)(Cc1ccccc1)NCC1CCC2(CC1)OCCO2. The number of hydrogen-bond donors (Lipinski definition) is 1. The molecule has 1 aliphatic heterocycles. The third kappa shape index (κ3) is 4.07. The minimum atomic E-state index is -3.27. The van der Waals surface area contributed by atoms with E-state index in [1.165, 1.54) is 0 Å². The molecule has 0 amide bonds. The molecule has 1 aromatic rings. The molecule has 1 saturated heterocycles. The molecule has 0 radical (unpaired) electrons. The van der Waals surface area contributed by atoms with E-state index in [0.29, 0.717) is 25.7 Å². The van der Waals surface area contributed by atoms with Crippen molar-refractivity contribution in [2.75, 3.05) is 19.8 Å². The van der Waals surface area contributed by atoms with E-state index < -0.39 is 10.0 Å². The first-order valence-electron chi connectivity index (χ1n) is 7.86. The Kier molecular flexibility index (Phi) is 4.82. The topological polar surface area (TPSA) is 64.6 Å². The Labute approximate surface area is 132 Å². The molecule has 0 unspecified atom stereocenters. The maximum Gasteiger partial charge on any atom is 0.215 e. The first-order chi connectivity index (χ1) is 10.6. The standard InChI is InChI=1S/C16H23NO4S/c18-22(19,13-15-4-2-1-3-5-15)17-12-14-6-8-16(9-7-14)20-10-11-21-16/h1-5,14,17H,6-13H2. The molecule has 22 heavy (non-hydrogen) atoms. The van der Waals surface area contributed by atoms with Gasteiger partial charge in [0.15, 0.2) is 5.79 Å². The van der Waals surface area contributed by atoms with Gasteiger partial charge in [-0.25, -0.2) is 13.1 Å². The average molecular weight is 325 g/mol. The van der Waals surface area contributed by atoms with Gasteiger partial charge in [-0.3, -0.25) is 0 Å². The Morgan fingerprint density at radius 2 is 1.73 bits per heavy atom. The maximum absolute atomic E-state index is 12.1. The number of ether oxygens (including phenoxy) is 2. The van der Waals surface area contributed by atoms with Crippen molar-refractivity contribution in [1.82, 2.24) is 4.72 Å². The van der Waals surface area contributed by atoms with Gasteiger partial charge in [-0.1, -0.05) is 30.3 Å². The molecule has 1 spiro atoms. The molecule has 1 heterocycles. The molecular formula is C16H23NO4S. The van der Waals surface area contributed by atoms with Crippen molar-refractivity contribution in [3.63, 3.8) is 0 Å². The molecule has 0 aromatic heterocycles. The van der Waals surface area contributed by atoms with Crippen LogP contribution in [0.25, 0.3) is 0 Å². The highest BCUT2D eigenvalue weighted by molar-refractivity contribution is 7.88. The van der Waals surface area contributed by atoms with Crippen molar-refractivity contribution in [3.05, 3.63) is 35.9 Å². The number of benzene rings is 1. The quantitative estimate of drug-likeness (QED) is 0.900. The summed E-state index contributed by atoms with van der Waals surface area (Å²) in [6, 6.07) is 9.26. The maximum atomic E-state index is 12.1. The van der Waals surface area contributed by atoms with E-state index in [0.717, 1.165) is 31.2 Å². The van der Waals surface area contributed by atoms with E-state index in [-0.39, 0.29) is 11.5 Å². The van der Waals surface area contributed by atoms with E-state index in [1.54, 1.807) is 0 Å². The number of hydrogen-bond acceptors (Lipinski definition) is 4. The molecule has 2 aliphatic rings. The normalized spacial score (nSPS) is 22.2. The summed E-state index contributed by atoms with van der Waals surface area (Å²) in [7, 11) is -3.27. The summed E-state index contributed by atoms with van der Waals surface area (Å²) in [5.74, 6) is 0.0276. The molecule has 1 aromatic carbocycles. The van der Waals surface area contributed by atoms with Crippen LogP contribution in [0, 0.1) is 5.92 Å². The zero-order chi connectivity index (χ0) is 15.5. The molecule has 6 heteroatoms. The second kappa shape index (κ2) is 6.66. The molecule has 5 nitrogen and oxygen atoms in total. The molecule has 2 fully saturated rings. The smallest absolute Gasteiger partial charge is 0.215 e. The van der Waals surface area contributed by atoms with Crippen molar-refractivity contribution in [1.29, 1.82) is 0 Å². The highest BCUT2D eigenvalue weighted by atomic mass is 32.2. The van der Waals surface area contributed by atoms with Gasteiger partial charge in [0, 0.05) is 19.4 Å². The Balaban J connectivity index is 1.46. The Morgan fingerprint density at radius 1 is 1.09 bits per heavy atom. The number of sulfonamides is 1. The monoisotopic (exact) mass is 325 g/mol. The van der Waals surface area contributed by atoms with Gasteiger partial charge in [0.2, 0.25) is 10.0 Å². The summed E-state index contributed by atoms with van der Waals surface area (Å²) < 4.78 is 38.4. The van der Waals surface area contributed by atoms with Gasteiger partial charge in [-0.05, 0) is 24.3 Å². The van der Waals surface area contributed by atoms with Crippen molar-refractivity contribution < 1.29 is 17.9 Å². The van der Waals surface area contributed by atoms with Crippen LogP contribution in [0.1, 0.15) is 31.2 Å². The lowest BCUT2D eigenvalue weighted by atomic mass is 9.85. The van der Waals surface area contributed by atoms with Crippen molar-refractivity contribution in [2.24, 2.45) is 5.92 Å². The molecule has 1 saturated carbocycles. The third-order valence-electron chi connectivity index (χ3n) is 4.47. The zero-order valence-corrected chi connectivity index (χ0v) is 13.5. The van der Waals surface area contributed by atoms with Crippen LogP contribution in [-0.4, -0.2) is 34.0 Å². The second-order valence-corrected chi connectivity index (χ2v) is 7.95. The Bertz CT molecular complexity index is 571. The fourth-order valence-electron chi connectivity index (χ4n) is 3.20. The lowest BCUT2D eigenvalue weighted by Gasteiger charge is -2.35. The van der Waals surface area contributed by atoms with Crippen LogP contribution in [0.2, 0.25) is 0 Å². The zero-order valence-electron chi connectivity index (χ0n) is 12.7. The lowest BCUT2D eigenvalue weighted by molar-refractivity contribution is -0.182. The summed E-state index contributed by atoms with van der Waals surface area (Å²) in [5.41, 5.74) is 0.811. The minimum absolute atomic E-state index is 0.0384. The van der Waals surface area contributed by atoms with Crippen LogP contribution in [0.15, 0.2) is 30.3 Å².